The number of carbonyl (C=O) groups is 1. The zero-order valence-electron chi connectivity index (χ0n) is 10.7. The molecule has 0 unspecified atom stereocenters. The molecule has 0 aliphatic heterocycles. The van der Waals surface area contributed by atoms with E-state index >= 15 is 0 Å². The van der Waals surface area contributed by atoms with Crippen LogP contribution in [0.5, 0.6) is 5.75 Å². The normalized spacial score (nSPS) is 18.0. The molecule has 92 valence electrons. The summed E-state index contributed by atoms with van der Waals surface area (Å²) >= 11 is 0. The molecule has 0 heterocycles. The third-order valence-corrected chi connectivity index (χ3v) is 3.66. The standard InChI is InChI=1S/C15H20O2/c1-3-17-13-8-6-7-12(11-13)14(16)15(2)9-4-5-10-15/h6-8,11H,3-5,9-10H2,1-2H3. The third-order valence-electron chi connectivity index (χ3n) is 3.66. The second-order valence-electron chi connectivity index (χ2n) is 5.06. The fraction of sp³-hybridized carbons (Fsp3) is 0.533. The Morgan fingerprint density at radius 2 is 2.06 bits per heavy atom. The Morgan fingerprint density at radius 1 is 1.35 bits per heavy atom. The van der Waals surface area contributed by atoms with Crippen molar-refractivity contribution in [3.63, 3.8) is 0 Å². The first-order valence-corrected chi connectivity index (χ1v) is 6.43. The second-order valence-corrected chi connectivity index (χ2v) is 5.06. The molecular weight excluding hydrogens is 212 g/mol. The van der Waals surface area contributed by atoms with Gasteiger partial charge in [-0.1, -0.05) is 31.9 Å². The molecule has 0 amide bonds. The van der Waals surface area contributed by atoms with Crippen LogP contribution in [-0.2, 0) is 0 Å². The maximum Gasteiger partial charge on any atom is 0.168 e. The maximum absolute atomic E-state index is 12.5. The smallest absolute Gasteiger partial charge is 0.168 e. The van der Waals surface area contributed by atoms with Crippen LogP contribution in [0, 0.1) is 5.41 Å². The quantitative estimate of drug-likeness (QED) is 0.737. The highest BCUT2D eigenvalue weighted by Crippen LogP contribution is 2.40. The average molecular weight is 232 g/mol. The third kappa shape index (κ3) is 2.51. The number of hydrogen-bond donors (Lipinski definition) is 0. The van der Waals surface area contributed by atoms with E-state index in [1.165, 1.54) is 12.8 Å². The van der Waals surface area contributed by atoms with E-state index in [1.54, 1.807) is 0 Å². The first-order valence-electron chi connectivity index (χ1n) is 6.43. The van der Waals surface area contributed by atoms with Crippen LogP contribution in [0.4, 0.5) is 0 Å². The number of benzene rings is 1. The zero-order valence-corrected chi connectivity index (χ0v) is 10.7. The fourth-order valence-corrected chi connectivity index (χ4v) is 2.62. The van der Waals surface area contributed by atoms with Gasteiger partial charge in [-0.05, 0) is 31.9 Å². The highest BCUT2D eigenvalue weighted by molar-refractivity contribution is 6.00. The topological polar surface area (TPSA) is 26.3 Å². The minimum atomic E-state index is -0.148. The molecule has 2 heteroatoms. The molecule has 17 heavy (non-hydrogen) atoms. The van der Waals surface area contributed by atoms with E-state index in [4.69, 9.17) is 4.74 Å². The van der Waals surface area contributed by atoms with Crippen molar-refractivity contribution in [3.8, 4) is 5.75 Å². The van der Waals surface area contributed by atoms with E-state index in [1.807, 2.05) is 31.2 Å². The Balaban J connectivity index is 2.21. The van der Waals surface area contributed by atoms with Crippen molar-refractivity contribution >= 4 is 5.78 Å². The van der Waals surface area contributed by atoms with Gasteiger partial charge in [0.15, 0.2) is 5.78 Å². The Morgan fingerprint density at radius 3 is 2.71 bits per heavy atom. The van der Waals surface area contributed by atoms with Crippen molar-refractivity contribution in [1.82, 2.24) is 0 Å². The molecule has 1 aromatic rings. The zero-order chi connectivity index (χ0) is 12.3. The summed E-state index contributed by atoms with van der Waals surface area (Å²) in [6, 6.07) is 7.57. The average Bonchev–Trinajstić information content (AvgIpc) is 2.77. The Kier molecular flexibility index (Phi) is 3.51. The Hall–Kier alpha value is -1.31. The molecule has 0 saturated heterocycles. The molecule has 1 aromatic carbocycles. The van der Waals surface area contributed by atoms with Gasteiger partial charge >= 0.3 is 0 Å². The molecule has 1 fully saturated rings. The van der Waals surface area contributed by atoms with Gasteiger partial charge in [0.1, 0.15) is 5.75 Å². The SMILES string of the molecule is CCOc1cccc(C(=O)C2(C)CCCC2)c1. The molecular formula is C15H20O2. The predicted octanol–water partition coefficient (Wildman–Crippen LogP) is 3.85. The first kappa shape index (κ1) is 12.2. The molecule has 1 aliphatic carbocycles. The van der Waals surface area contributed by atoms with Crippen molar-refractivity contribution < 1.29 is 9.53 Å². The van der Waals surface area contributed by atoms with Crippen molar-refractivity contribution in [1.29, 1.82) is 0 Å². The second kappa shape index (κ2) is 4.91. The lowest BCUT2D eigenvalue weighted by atomic mass is 9.81. The van der Waals surface area contributed by atoms with Gasteiger partial charge in [0.05, 0.1) is 6.61 Å². The van der Waals surface area contributed by atoms with Gasteiger partial charge in [0.25, 0.3) is 0 Å². The lowest BCUT2D eigenvalue weighted by Crippen LogP contribution is -2.24. The van der Waals surface area contributed by atoms with E-state index in [0.717, 1.165) is 24.2 Å². The molecule has 0 aromatic heterocycles. The van der Waals surface area contributed by atoms with Gasteiger partial charge in [0.2, 0.25) is 0 Å². The van der Waals surface area contributed by atoms with Gasteiger partial charge in [-0.15, -0.1) is 0 Å². The van der Waals surface area contributed by atoms with Crippen LogP contribution in [0.15, 0.2) is 24.3 Å². The van der Waals surface area contributed by atoms with Crippen LogP contribution >= 0.6 is 0 Å². The molecule has 2 nitrogen and oxygen atoms in total. The number of rotatable bonds is 4. The summed E-state index contributed by atoms with van der Waals surface area (Å²) in [5.74, 6) is 1.07. The Bertz CT molecular complexity index is 403. The number of ketones is 1. The first-order chi connectivity index (χ1) is 8.15. The lowest BCUT2D eigenvalue weighted by Gasteiger charge is -2.21. The maximum atomic E-state index is 12.5. The van der Waals surface area contributed by atoms with E-state index in [-0.39, 0.29) is 11.2 Å². The van der Waals surface area contributed by atoms with Crippen molar-refractivity contribution in [2.24, 2.45) is 5.41 Å². The highest BCUT2D eigenvalue weighted by atomic mass is 16.5. The molecule has 0 bridgehead atoms. The fourth-order valence-electron chi connectivity index (χ4n) is 2.62. The molecule has 0 N–H and O–H groups in total. The lowest BCUT2D eigenvalue weighted by molar-refractivity contribution is 0.0823. The van der Waals surface area contributed by atoms with Gasteiger partial charge in [-0.2, -0.15) is 0 Å². The minimum Gasteiger partial charge on any atom is -0.494 e. The molecule has 1 aliphatic rings. The molecule has 1 saturated carbocycles. The van der Waals surface area contributed by atoms with E-state index in [9.17, 15) is 4.79 Å². The molecule has 0 radical (unpaired) electrons. The van der Waals surface area contributed by atoms with Crippen LogP contribution in [-0.4, -0.2) is 12.4 Å². The molecule has 0 atom stereocenters. The predicted molar refractivity (Wildman–Crippen MR) is 68.5 cm³/mol. The van der Waals surface area contributed by atoms with Gasteiger partial charge in [-0.25, -0.2) is 0 Å². The van der Waals surface area contributed by atoms with Crippen LogP contribution in [0.1, 0.15) is 49.9 Å². The number of hydrogen-bond acceptors (Lipinski definition) is 2. The van der Waals surface area contributed by atoms with Crippen LogP contribution in [0.3, 0.4) is 0 Å². The van der Waals surface area contributed by atoms with Crippen LogP contribution in [0.25, 0.3) is 0 Å². The van der Waals surface area contributed by atoms with E-state index in [2.05, 4.69) is 6.92 Å². The van der Waals surface area contributed by atoms with Gasteiger partial charge in [-0.3, -0.25) is 4.79 Å². The summed E-state index contributed by atoms with van der Waals surface area (Å²) in [5, 5.41) is 0. The summed E-state index contributed by atoms with van der Waals surface area (Å²) < 4.78 is 5.44. The van der Waals surface area contributed by atoms with Crippen LogP contribution < -0.4 is 4.74 Å². The monoisotopic (exact) mass is 232 g/mol. The van der Waals surface area contributed by atoms with E-state index in [0.29, 0.717) is 6.61 Å². The molecule has 0 spiro atoms. The summed E-state index contributed by atoms with van der Waals surface area (Å²) in [7, 11) is 0. The van der Waals surface area contributed by atoms with Gasteiger partial charge in [0, 0.05) is 11.0 Å². The summed E-state index contributed by atoms with van der Waals surface area (Å²) in [4.78, 5) is 12.5. The highest BCUT2D eigenvalue weighted by Gasteiger charge is 2.36. The number of Topliss-reactive ketones (excluding diaryl/α,β-unsaturated/α-hetero) is 1. The molecule has 2 rings (SSSR count). The summed E-state index contributed by atoms with van der Waals surface area (Å²) in [6.07, 6.45) is 4.39. The van der Waals surface area contributed by atoms with Crippen molar-refractivity contribution in [3.05, 3.63) is 29.8 Å². The minimum absolute atomic E-state index is 0.148. The van der Waals surface area contributed by atoms with E-state index < -0.39 is 0 Å². The summed E-state index contributed by atoms with van der Waals surface area (Å²) in [5.41, 5.74) is 0.644. The number of carbonyl (C=O) groups excluding carboxylic acids is 1. The van der Waals surface area contributed by atoms with Crippen LogP contribution in [0.2, 0.25) is 0 Å². The summed E-state index contributed by atoms with van der Waals surface area (Å²) in [6.45, 7) is 4.68. The largest absolute Gasteiger partial charge is 0.494 e. The number of ether oxygens (including phenoxy) is 1. The van der Waals surface area contributed by atoms with Gasteiger partial charge < -0.3 is 4.74 Å². The van der Waals surface area contributed by atoms with Crippen molar-refractivity contribution in [2.45, 2.75) is 39.5 Å². The Labute approximate surface area is 103 Å². The van der Waals surface area contributed by atoms with Crippen molar-refractivity contribution in [2.75, 3.05) is 6.61 Å².